The lowest BCUT2D eigenvalue weighted by atomic mass is 9.43. The lowest BCUT2D eigenvalue weighted by molar-refractivity contribution is -0.207. The van der Waals surface area contributed by atoms with Crippen molar-refractivity contribution in [3.63, 3.8) is 0 Å². The molecule has 9 N–H and O–H groups in total. The lowest BCUT2D eigenvalue weighted by Crippen LogP contribution is -2.62. The smallest absolute Gasteiger partial charge is 0.340 e. The number of unbranched alkanes of at least 4 members (excludes halogenated alkanes) is 1. The number of carboxylic acids is 1. The Morgan fingerprint density at radius 2 is 1.56 bits per heavy atom. The molecule has 4 saturated carbocycles. The fourth-order valence-electron chi connectivity index (χ4n) is 13.8. The first-order chi connectivity index (χ1) is 31.4. The number of hydrogen-bond donors (Lipinski definition) is 9. The van der Waals surface area contributed by atoms with Crippen LogP contribution in [0.2, 0.25) is 0 Å². The molecule has 66 heavy (non-hydrogen) atoms. The topological polar surface area (TPSA) is 227 Å². The Kier molecular flexibility index (Phi) is 12.3. The van der Waals surface area contributed by atoms with E-state index in [0.717, 1.165) is 32.1 Å². The predicted octanol–water partition coefficient (Wildman–Crippen LogP) is 7.07. The number of nitrogens with one attached hydrogen (secondary N) is 3. The van der Waals surface area contributed by atoms with Gasteiger partial charge in [0, 0.05) is 47.5 Å². The number of esters is 1. The fourth-order valence-corrected chi connectivity index (χ4v) is 14.1. The number of thiocarbonyl (C=S) groups is 1. The molecule has 0 bridgehead atoms. The molecule has 2 heterocycles. The van der Waals surface area contributed by atoms with E-state index in [4.69, 9.17) is 21.7 Å². The second kappa shape index (κ2) is 17.6. The van der Waals surface area contributed by atoms with E-state index < -0.39 is 35.8 Å². The van der Waals surface area contributed by atoms with Crippen molar-refractivity contribution in [1.29, 1.82) is 0 Å². The second-order valence-electron chi connectivity index (χ2n) is 20.7. The Hall–Kier alpha value is -4.96. The zero-order chi connectivity index (χ0) is 46.9. The van der Waals surface area contributed by atoms with E-state index in [1.165, 1.54) is 24.3 Å². The number of amides is 1. The number of phenolic OH excluding ortho intramolecular Hbond substituents is 2. The molecule has 0 aromatic heterocycles. The number of anilines is 1. The van der Waals surface area contributed by atoms with E-state index in [-0.39, 0.29) is 94.2 Å². The van der Waals surface area contributed by atoms with Gasteiger partial charge in [-0.1, -0.05) is 26.8 Å². The minimum atomic E-state index is -1.38. The minimum absolute atomic E-state index is 0.000717. The molecule has 14 nitrogen and oxygen atoms in total. The molecular formula is C51H63N3O11S. The molecule has 1 amide bonds. The van der Waals surface area contributed by atoms with Gasteiger partial charge in [0.05, 0.1) is 23.9 Å². The number of aromatic hydroxyl groups is 2. The molecule has 3 aromatic rings. The number of fused-ring (bicyclic) bond motifs is 11. The van der Waals surface area contributed by atoms with Gasteiger partial charge in [-0.25, -0.2) is 9.59 Å². The van der Waals surface area contributed by atoms with Crippen LogP contribution in [0, 0.1) is 46.3 Å². The van der Waals surface area contributed by atoms with Crippen molar-refractivity contribution < 1.29 is 54.5 Å². The summed E-state index contributed by atoms with van der Waals surface area (Å²) in [5.74, 6) is -0.411. The van der Waals surface area contributed by atoms with Gasteiger partial charge in [0.25, 0.3) is 0 Å². The molecule has 0 saturated heterocycles. The number of ether oxygens (including phenoxy) is 2. The third kappa shape index (κ3) is 7.86. The van der Waals surface area contributed by atoms with E-state index in [1.54, 1.807) is 30.3 Å². The maximum Gasteiger partial charge on any atom is 0.340 e. The number of rotatable bonds is 12. The highest BCUT2D eigenvalue weighted by Crippen LogP contribution is 2.68. The van der Waals surface area contributed by atoms with E-state index in [9.17, 15) is 45.0 Å². The summed E-state index contributed by atoms with van der Waals surface area (Å²) in [6.45, 7) is 7.10. The molecule has 354 valence electrons. The molecule has 1 spiro atoms. The average Bonchev–Trinajstić information content (AvgIpc) is 3.77. The van der Waals surface area contributed by atoms with Crippen molar-refractivity contribution in [2.45, 2.75) is 128 Å². The van der Waals surface area contributed by atoms with Crippen molar-refractivity contribution >= 4 is 40.9 Å². The van der Waals surface area contributed by atoms with Gasteiger partial charge in [-0.05, 0) is 166 Å². The van der Waals surface area contributed by atoms with Gasteiger partial charge in [0.2, 0.25) is 5.91 Å². The standard InChI is InChI=1S/C51H63N3O11S/c1-26(33-14-15-37-45-38(25-43(59)50(33,37)3)49(2)18-17-31(57)20-27(49)21-40(45)58)7-16-44(60)54-39(46(61)62)6-4-5-19-52-48(66)53-28-8-11-34-32(22-28)47(63)65-51(34)35-12-9-29(55)23-41(35)64-42-24-30(56)10-13-36(42)51/h8-13,22-24,26-27,31,33,37-40,43,45,55-59H,4-7,14-21,25H2,1-3H3,(H,54,60)(H,61,62)(H2,52,53,66)/t26-,27+,31-,33-,37+,38+,39+,40-,43+,45+,49+,50-/m1/s1. The zero-order valence-corrected chi connectivity index (χ0v) is 38.6. The Morgan fingerprint density at radius 3 is 2.26 bits per heavy atom. The van der Waals surface area contributed by atoms with Gasteiger partial charge in [-0.2, -0.15) is 0 Å². The third-order valence-corrected chi connectivity index (χ3v) is 17.5. The van der Waals surface area contributed by atoms with Gasteiger partial charge in [0.1, 0.15) is 29.0 Å². The first-order valence-electron chi connectivity index (χ1n) is 23.8. The van der Waals surface area contributed by atoms with Crippen LogP contribution >= 0.6 is 12.2 Å². The normalized spacial score (nSPS) is 31.9. The van der Waals surface area contributed by atoms with Gasteiger partial charge in [-0.3, -0.25) is 4.79 Å². The number of aliphatic hydroxyl groups is 3. The largest absolute Gasteiger partial charge is 0.508 e. The van der Waals surface area contributed by atoms with E-state index >= 15 is 0 Å². The van der Waals surface area contributed by atoms with Crippen LogP contribution < -0.4 is 20.7 Å². The summed E-state index contributed by atoms with van der Waals surface area (Å²) < 4.78 is 12.2. The number of carbonyl (C=O) groups is 3. The molecule has 9 rings (SSSR count). The fraction of sp³-hybridized carbons (Fsp3) is 0.569. The van der Waals surface area contributed by atoms with Crippen LogP contribution in [-0.4, -0.2) is 84.5 Å². The Labute approximate surface area is 390 Å². The SMILES string of the molecule is C[C@H](CCC(=O)N[C@@H](CCCCNC(=S)Nc1ccc2c(c1)C(=O)OC21c2ccc(O)cc2Oc2cc(O)ccc21)C(=O)O)[C@H]1CC[C@H]2[C@@H]3[C@H](O)C[C@@H]4C[C@H](O)CC[C@]4(C)[C@H]3C[C@H](O)[C@]12C. The molecule has 4 fully saturated rings. The van der Waals surface area contributed by atoms with Crippen LogP contribution in [0.4, 0.5) is 5.69 Å². The van der Waals surface area contributed by atoms with Gasteiger partial charge < -0.3 is 56.1 Å². The molecule has 0 radical (unpaired) electrons. The Balaban J connectivity index is 0.746. The molecular weight excluding hydrogens is 863 g/mol. The first kappa shape index (κ1) is 46.2. The molecule has 12 atom stereocenters. The summed E-state index contributed by atoms with van der Waals surface area (Å²) in [5, 5.41) is 73.7. The van der Waals surface area contributed by atoms with Gasteiger partial charge in [-0.15, -0.1) is 0 Å². The van der Waals surface area contributed by atoms with Crippen LogP contribution in [0.5, 0.6) is 23.0 Å². The summed E-state index contributed by atoms with van der Waals surface area (Å²) in [6.07, 6.45) is 6.42. The Morgan fingerprint density at radius 1 is 0.864 bits per heavy atom. The van der Waals surface area contributed by atoms with E-state index in [1.807, 2.05) is 0 Å². The van der Waals surface area contributed by atoms with Gasteiger partial charge in [0.15, 0.2) is 10.7 Å². The Bertz CT molecular complexity index is 2360. The minimum Gasteiger partial charge on any atom is -0.508 e. The monoisotopic (exact) mass is 925 g/mol. The predicted molar refractivity (Wildman–Crippen MR) is 248 cm³/mol. The summed E-state index contributed by atoms with van der Waals surface area (Å²) in [7, 11) is 0. The number of aliphatic carboxylic acids is 1. The number of benzene rings is 3. The van der Waals surface area contributed by atoms with E-state index in [2.05, 4.69) is 36.7 Å². The number of carboxylic acid groups (broad SMARTS) is 1. The number of aliphatic hydroxyl groups excluding tert-OH is 3. The molecule has 3 aromatic carbocycles. The van der Waals surface area contributed by atoms with Crippen LogP contribution in [0.25, 0.3) is 0 Å². The lowest BCUT2D eigenvalue weighted by Gasteiger charge is -2.63. The summed E-state index contributed by atoms with van der Waals surface area (Å²) in [6, 6.07) is 13.3. The number of phenols is 2. The first-order valence-corrected chi connectivity index (χ1v) is 24.2. The quantitative estimate of drug-likeness (QED) is 0.0503. The van der Waals surface area contributed by atoms with Crippen molar-refractivity contribution in [2.75, 3.05) is 11.9 Å². The highest BCUT2D eigenvalue weighted by molar-refractivity contribution is 7.80. The molecule has 0 unspecified atom stereocenters. The van der Waals surface area contributed by atoms with E-state index in [0.29, 0.717) is 71.7 Å². The molecule has 4 aliphatic carbocycles. The molecule has 15 heteroatoms. The van der Waals surface area contributed by atoms with Crippen molar-refractivity contribution in [3.8, 4) is 23.0 Å². The molecule has 2 aliphatic heterocycles. The summed E-state index contributed by atoms with van der Waals surface area (Å²) >= 11 is 5.55. The van der Waals surface area contributed by atoms with Crippen molar-refractivity contribution in [3.05, 3.63) is 76.9 Å². The zero-order valence-electron chi connectivity index (χ0n) is 37.8. The molecule has 6 aliphatic rings. The van der Waals surface area contributed by atoms with Crippen LogP contribution in [0.1, 0.15) is 125 Å². The van der Waals surface area contributed by atoms with Crippen LogP contribution in [0.3, 0.4) is 0 Å². The number of hydrogen-bond acceptors (Lipinski definition) is 11. The highest BCUT2D eigenvalue weighted by Gasteiger charge is 2.66. The van der Waals surface area contributed by atoms with Crippen LogP contribution in [-0.2, 0) is 19.9 Å². The van der Waals surface area contributed by atoms with Gasteiger partial charge >= 0.3 is 11.9 Å². The average molecular weight is 926 g/mol. The summed E-state index contributed by atoms with van der Waals surface area (Å²) in [5.41, 5.74) is 0.675. The second-order valence-corrected chi connectivity index (χ2v) is 21.1. The van der Waals surface area contributed by atoms with Crippen molar-refractivity contribution in [1.82, 2.24) is 10.6 Å². The highest BCUT2D eigenvalue weighted by atomic mass is 32.1. The maximum absolute atomic E-state index is 13.5. The third-order valence-electron chi connectivity index (χ3n) is 17.2. The summed E-state index contributed by atoms with van der Waals surface area (Å²) in [4.78, 5) is 39.0. The number of carbonyl (C=O) groups excluding carboxylic acids is 2. The van der Waals surface area contributed by atoms with Crippen LogP contribution in [0.15, 0.2) is 54.6 Å². The maximum atomic E-state index is 13.5. The van der Waals surface area contributed by atoms with Crippen molar-refractivity contribution in [2.24, 2.45) is 46.3 Å².